The molecule has 0 aliphatic carbocycles. The van der Waals surface area contributed by atoms with E-state index in [0.717, 1.165) is 17.4 Å². The van der Waals surface area contributed by atoms with Crippen molar-refractivity contribution in [1.82, 2.24) is 0 Å². The average molecular weight is 551 g/mol. The number of hydrogen-bond acceptors (Lipinski definition) is 8. The van der Waals surface area contributed by atoms with Gasteiger partial charge in [-0.3, -0.25) is 4.79 Å². The Hall–Kier alpha value is -3.73. The predicted octanol–water partition coefficient (Wildman–Crippen LogP) is 7.11. The summed E-state index contributed by atoms with van der Waals surface area (Å²) in [6.07, 6.45) is -5.59. The summed E-state index contributed by atoms with van der Waals surface area (Å²) in [5.74, 6) is -0.999. The molecule has 1 aromatic heterocycles. The number of carbonyl (C=O) groups is 2. The third kappa shape index (κ3) is 6.97. The average Bonchev–Trinajstić information content (AvgIpc) is 3.24. The molecule has 38 heavy (non-hydrogen) atoms. The van der Waals surface area contributed by atoms with Crippen LogP contribution >= 0.6 is 11.3 Å². The number of thiophene rings is 1. The summed E-state index contributed by atoms with van der Waals surface area (Å²) in [6.45, 7) is 6.76. The lowest BCUT2D eigenvalue weighted by Gasteiger charge is -2.19. The Kier molecular flexibility index (Phi) is 8.61. The predicted molar refractivity (Wildman–Crippen MR) is 140 cm³/mol. The van der Waals surface area contributed by atoms with Gasteiger partial charge in [-0.25, -0.2) is 4.79 Å². The van der Waals surface area contributed by atoms with Crippen LogP contribution in [0.15, 0.2) is 48.5 Å². The molecule has 0 saturated heterocycles. The van der Waals surface area contributed by atoms with Crippen molar-refractivity contribution in [2.45, 2.75) is 46.6 Å². The molecule has 3 aromatic rings. The highest BCUT2D eigenvalue weighted by Gasteiger charge is 2.35. The van der Waals surface area contributed by atoms with E-state index in [4.69, 9.17) is 19.9 Å². The molecule has 0 spiro atoms. The van der Waals surface area contributed by atoms with E-state index in [9.17, 15) is 22.8 Å². The van der Waals surface area contributed by atoms with Crippen molar-refractivity contribution in [3.63, 3.8) is 0 Å². The second-order valence-electron chi connectivity index (χ2n) is 9.51. The third-order valence-electron chi connectivity index (χ3n) is 5.43. The zero-order valence-corrected chi connectivity index (χ0v) is 22.4. The molecule has 2 aromatic carbocycles. The summed E-state index contributed by atoms with van der Waals surface area (Å²) in [5, 5.41) is 3.54. The van der Waals surface area contributed by atoms with Crippen molar-refractivity contribution in [1.29, 1.82) is 0 Å². The number of hydrogen-bond donors (Lipinski definition) is 2. The monoisotopic (exact) mass is 550 g/mol. The second-order valence-corrected chi connectivity index (χ2v) is 10.6. The number of benzene rings is 2. The standard InChI is InChI=1S/C27H29F3N2O5S/c1-15(17-8-6-7-9-18(17)27(28,29)30)37-21-13-22(38-23(21)24(33)35-5)32-20-12-16(10-11-19(20)31)14-36-25(34)26(2,3)4/h6-13,15,32H,14,31H2,1-5H3/t15-/m1/s1. The van der Waals surface area contributed by atoms with Gasteiger partial charge < -0.3 is 25.3 Å². The highest BCUT2D eigenvalue weighted by Crippen LogP contribution is 2.41. The number of ether oxygens (including phenoxy) is 3. The van der Waals surface area contributed by atoms with Gasteiger partial charge in [0, 0.05) is 11.6 Å². The minimum Gasteiger partial charge on any atom is -0.484 e. The quantitative estimate of drug-likeness (QED) is 0.228. The topological polar surface area (TPSA) is 99.9 Å². The van der Waals surface area contributed by atoms with Gasteiger partial charge in [-0.15, -0.1) is 11.3 Å². The Morgan fingerprint density at radius 1 is 1.08 bits per heavy atom. The zero-order chi connectivity index (χ0) is 28.3. The highest BCUT2D eigenvalue weighted by molar-refractivity contribution is 7.18. The van der Waals surface area contributed by atoms with Crippen molar-refractivity contribution in [3.8, 4) is 5.75 Å². The van der Waals surface area contributed by atoms with Gasteiger partial charge in [0.2, 0.25) is 0 Å². The second kappa shape index (κ2) is 11.3. The maximum Gasteiger partial charge on any atom is 0.416 e. The number of carbonyl (C=O) groups excluding carboxylic acids is 2. The van der Waals surface area contributed by atoms with E-state index in [0.29, 0.717) is 21.9 Å². The van der Waals surface area contributed by atoms with Crippen LogP contribution < -0.4 is 15.8 Å². The number of alkyl halides is 3. The molecule has 1 heterocycles. The smallest absolute Gasteiger partial charge is 0.416 e. The molecule has 0 amide bonds. The van der Waals surface area contributed by atoms with Crippen LogP contribution in [0.1, 0.15) is 60.2 Å². The van der Waals surface area contributed by atoms with E-state index >= 15 is 0 Å². The molecule has 0 fully saturated rings. The number of esters is 2. The Bertz CT molecular complexity index is 1310. The lowest BCUT2D eigenvalue weighted by Crippen LogP contribution is -2.22. The van der Waals surface area contributed by atoms with Crippen LogP contribution in [-0.2, 0) is 27.1 Å². The van der Waals surface area contributed by atoms with Crippen molar-refractivity contribution < 1.29 is 37.0 Å². The maximum atomic E-state index is 13.5. The number of nitrogens with one attached hydrogen (secondary N) is 1. The van der Waals surface area contributed by atoms with Gasteiger partial charge in [-0.2, -0.15) is 13.2 Å². The number of nitrogen functional groups attached to an aromatic ring is 1. The summed E-state index contributed by atoms with van der Waals surface area (Å²) in [4.78, 5) is 24.6. The number of anilines is 3. The van der Waals surface area contributed by atoms with Crippen LogP contribution in [0.5, 0.6) is 5.75 Å². The molecule has 0 radical (unpaired) electrons. The minimum absolute atomic E-state index is 0.0351. The van der Waals surface area contributed by atoms with Crippen LogP contribution in [0.25, 0.3) is 0 Å². The molecule has 7 nitrogen and oxygen atoms in total. The fraction of sp³-hybridized carbons (Fsp3) is 0.333. The summed E-state index contributed by atoms with van der Waals surface area (Å²) in [5.41, 5.74) is 6.12. The van der Waals surface area contributed by atoms with E-state index < -0.39 is 29.2 Å². The van der Waals surface area contributed by atoms with Gasteiger partial charge >= 0.3 is 18.1 Å². The van der Waals surface area contributed by atoms with Gasteiger partial charge in [0.1, 0.15) is 18.5 Å². The first-order valence-electron chi connectivity index (χ1n) is 11.6. The number of methoxy groups -OCH3 is 1. The molecule has 0 unspecified atom stereocenters. The molecular formula is C27H29F3N2O5S. The SMILES string of the molecule is COC(=O)c1sc(Nc2cc(COC(=O)C(C)(C)C)ccc2N)cc1O[C@H](C)c1ccccc1C(F)(F)F. The largest absolute Gasteiger partial charge is 0.484 e. The summed E-state index contributed by atoms with van der Waals surface area (Å²) >= 11 is 0.996. The third-order valence-corrected chi connectivity index (χ3v) is 6.45. The van der Waals surface area contributed by atoms with Crippen LogP contribution in [-0.4, -0.2) is 19.0 Å². The molecule has 0 saturated carbocycles. The fourth-order valence-electron chi connectivity index (χ4n) is 3.42. The number of nitrogens with two attached hydrogens (primary N) is 1. The lowest BCUT2D eigenvalue weighted by molar-refractivity contribution is -0.154. The Balaban J connectivity index is 1.86. The molecule has 0 aliphatic rings. The molecule has 204 valence electrons. The first kappa shape index (κ1) is 28.8. The minimum atomic E-state index is -4.56. The van der Waals surface area contributed by atoms with Gasteiger partial charge in [-0.1, -0.05) is 24.3 Å². The Morgan fingerprint density at radius 3 is 2.39 bits per heavy atom. The van der Waals surface area contributed by atoms with E-state index in [-0.39, 0.29) is 28.8 Å². The summed E-state index contributed by atoms with van der Waals surface area (Å²) in [6, 6.07) is 11.7. The van der Waals surface area contributed by atoms with Gasteiger partial charge in [-0.05, 0) is 51.5 Å². The van der Waals surface area contributed by atoms with Crippen LogP contribution in [0, 0.1) is 5.41 Å². The first-order chi connectivity index (χ1) is 17.7. The van der Waals surface area contributed by atoms with E-state index in [1.807, 2.05) is 0 Å². The van der Waals surface area contributed by atoms with Gasteiger partial charge in [0.05, 0.1) is 34.5 Å². The maximum absolute atomic E-state index is 13.5. The van der Waals surface area contributed by atoms with Crippen LogP contribution in [0.3, 0.4) is 0 Å². The van der Waals surface area contributed by atoms with E-state index in [1.165, 1.54) is 38.3 Å². The Labute approximate surface area is 222 Å². The summed E-state index contributed by atoms with van der Waals surface area (Å²) < 4.78 is 56.6. The fourth-order valence-corrected chi connectivity index (χ4v) is 4.34. The molecule has 11 heteroatoms. The van der Waals surface area contributed by atoms with Crippen molar-refractivity contribution in [3.05, 3.63) is 70.1 Å². The number of halogens is 3. The highest BCUT2D eigenvalue weighted by atomic mass is 32.1. The van der Waals surface area contributed by atoms with Crippen molar-refractivity contribution in [2.24, 2.45) is 5.41 Å². The Morgan fingerprint density at radius 2 is 1.76 bits per heavy atom. The van der Waals surface area contributed by atoms with Crippen molar-refractivity contribution in [2.75, 3.05) is 18.2 Å². The molecule has 3 N–H and O–H groups in total. The molecular weight excluding hydrogens is 521 g/mol. The normalized spacial score (nSPS) is 12.5. The zero-order valence-electron chi connectivity index (χ0n) is 21.6. The van der Waals surface area contributed by atoms with Gasteiger partial charge in [0.15, 0.2) is 4.88 Å². The lowest BCUT2D eigenvalue weighted by atomic mass is 9.97. The van der Waals surface area contributed by atoms with Gasteiger partial charge in [0.25, 0.3) is 0 Å². The molecule has 1 atom stereocenters. The molecule has 0 aliphatic heterocycles. The van der Waals surface area contributed by atoms with E-state index in [2.05, 4.69) is 5.32 Å². The molecule has 3 rings (SSSR count). The molecule has 0 bridgehead atoms. The summed E-state index contributed by atoms with van der Waals surface area (Å²) in [7, 11) is 1.20. The van der Waals surface area contributed by atoms with Crippen molar-refractivity contribution >= 4 is 39.7 Å². The van der Waals surface area contributed by atoms with Crippen LogP contribution in [0.2, 0.25) is 0 Å². The van der Waals surface area contributed by atoms with Crippen LogP contribution in [0.4, 0.5) is 29.5 Å². The number of rotatable bonds is 8. The van der Waals surface area contributed by atoms with E-state index in [1.54, 1.807) is 39.0 Å². The first-order valence-corrected chi connectivity index (χ1v) is 12.4.